The van der Waals surface area contributed by atoms with Gasteiger partial charge in [0.1, 0.15) is 5.58 Å². The van der Waals surface area contributed by atoms with Gasteiger partial charge in [0.05, 0.1) is 22.4 Å². The van der Waals surface area contributed by atoms with E-state index in [2.05, 4.69) is 97.9 Å². The fraction of sp³-hybridized carbons (Fsp3) is 0.152. The molecule has 0 aliphatic heterocycles. The summed E-state index contributed by atoms with van der Waals surface area (Å²) in [4.78, 5) is 14.5. The van der Waals surface area contributed by atoms with Crippen LogP contribution in [0.4, 0.5) is 0 Å². The van der Waals surface area contributed by atoms with E-state index < -0.39 is 6.85 Å². The predicted octanol–water partition coefficient (Wildman–Crippen LogP) is 12.0. The molecule has 0 bridgehead atoms. The van der Waals surface area contributed by atoms with Gasteiger partial charge in [-0.3, -0.25) is 4.98 Å². The summed E-state index contributed by atoms with van der Waals surface area (Å²) in [5, 5.41) is 3.23. The number of hydrogen-bond donors (Lipinski definition) is 0. The number of aryl methyl sites for hydroxylation is 1. The molecular formula is C46H38IrN4O-2. The Labute approximate surface area is 322 Å². The fourth-order valence-electron chi connectivity index (χ4n) is 6.72. The Kier molecular flexibility index (Phi) is 8.84. The van der Waals surface area contributed by atoms with Crippen LogP contribution in [0.3, 0.4) is 0 Å². The number of benzene rings is 5. The molecule has 0 aliphatic rings. The summed E-state index contributed by atoms with van der Waals surface area (Å²) in [6.45, 7) is 6.90. The molecule has 5 aromatic carbocycles. The Morgan fingerprint density at radius 2 is 1.48 bits per heavy atom. The molecule has 52 heavy (non-hydrogen) atoms. The largest absolute Gasteiger partial charge is 0.501 e. The van der Waals surface area contributed by atoms with Crippen molar-refractivity contribution in [3.8, 4) is 28.3 Å². The molecule has 0 fully saturated rings. The van der Waals surface area contributed by atoms with Crippen LogP contribution >= 0.6 is 0 Å². The second-order valence-electron chi connectivity index (χ2n) is 13.3. The third-order valence-electron chi connectivity index (χ3n) is 9.21. The predicted molar refractivity (Wildman–Crippen MR) is 209 cm³/mol. The number of fused-ring (bicyclic) bond motifs is 5. The Morgan fingerprint density at radius 1 is 0.712 bits per heavy atom. The van der Waals surface area contributed by atoms with Crippen molar-refractivity contribution in [3.63, 3.8) is 0 Å². The summed E-state index contributed by atoms with van der Waals surface area (Å²) in [6, 6.07) is 46.5. The van der Waals surface area contributed by atoms with Crippen molar-refractivity contribution in [2.24, 2.45) is 0 Å². The van der Waals surface area contributed by atoms with E-state index >= 15 is 0 Å². The molecule has 0 unspecified atom stereocenters. The van der Waals surface area contributed by atoms with Gasteiger partial charge < -0.3 is 14.0 Å². The first kappa shape index (κ1) is 31.3. The van der Waals surface area contributed by atoms with Crippen molar-refractivity contribution in [3.05, 3.63) is 156 Å². The first-order valence-corrected chi connectivity index (χ1v) is 17.3. The SMILES string of the molecule is CC(C)c1cccc(C(C)C)c1-n1c(-c2[c-]ccc3c2oc2ccccc23)nc2cc3ccccc3nc21.[2H]C([2H])([2H])c1ccc(-c2[c-]cccc2)nc1.[Ir]. The van der Waals surface area contributed by atoms with Crippen molar-refractivity contribution in [2.75, 3.05) is 0 Å². The van der Waals surface area contributed by atoms with Crippen molar-refractivity contribution in [1.82, 2.24) is 19.5 Å². The van der Waals surface area contributed by atoms with Crippen LogP contribution in [-0.4, -0.2) is 19.5 Å². The summed E-state index contributed by atoms with van der Waals surface area (Å²) in [7, 11) is 0. The molecule has 4 heterocycles. The first-order valence-electron chi connectivity index (χ1n) is 18.8. The zero-order valence-corrected chi connectivity index (χ0v) is 31.7. The van der Waals surface area contributed by atoms with Crippen LogP contribution in [0, 0.1) is 19.0 Å². The molecule has 259 valence electrons. The molecule has 0 N–H and O–H groups in total. The van der Waals surface area contributed by atoms with E-state index in [9.17, 15) is 0 Å². The van der Waals surface area contributed by atoms with Crippen molar-refractivity contribution in [2.45, 2.75) is 46.4 Å². The number of aromatic nitrogens is 4. The number of furan rings is 1. The second kappa shape index (κ2) is 14.7. The standard InChI is InChI=1S/C34H28N3O.C12H10N.Ir/c1-20(2)23-13-9-14-24(21(3)4)31(23)37-33(36-29-19-22-11-5-7-17-28(22)35-34(29)37)27-16-10-15-26-25-12-6-8-18-30(25)38-32(26)27;1-10-7-8-12(13-9-10)11-5-3-2-4-6-11;/h5-15,17-21H,1-4H3;2-5,7-9H,1H3;/q2*-1;/i;1D3;. The minimum atomic E-state index is -2.09. The average Bonchev–Trinajstić information content (AvgIpc) is 3.75. The van der Waals surface area contributed by atoms with Gasteiger partial charge in [-0.15, -0.1) is 54.1 Å². The van der Waals surface area contributed by atoms with Gasteiger partial charge in [0.25, 0.3) is 0 Å². The van der Waals surface area contributed by atoms with E-state index in [0.29, 0.717) is 11.8 Å². The topological polar surface area (TPSA) is 56.7 Å². The van der Waals surface area contributed by atoms with E-state index in [1.807, 2.05) is 54.6 Å². The first-order chi connectivity index (χ1) is 26.1. The van der Waals surface area contributed by atoms with Gasteiger partial charge in [0, 0.05) is 46.9 Å². The number of imidazole rings is 1. The molecule has 6 heteroatoms. The zero-order valence-electron chi connectivity index (χ0n) is 32.3. The smallest absolute Gasteiger partial charge is 0.156 e. The maximum Gasteiger partial charge on any atom is 0.156 e. The van der Waals surface area contributed by atoms with Crippen LogP contribution in [0.2, 0.25) is 0 Å². The third-order valence-corrected chi connectivity index (χ3v) is 9.21. The van der Waals surface area contributed by atoms with Gasteiger partial charge in [0.2, 0.25) is 0 Å². The summed E-state index contributed by atoms with van der Waals surface area (Å²) in [5.74, 6) is 1.43. The number of pyridine rings is 2. The molecule has 0 atom stereocenters. The van der Waals surface area contributed by atoms with Crippen LogP contribution in [-0.2, 0) is 20.1 Å². The monoisotopic (exact) mass is 858 g/mol. The van der Waals surface area contributed by atoms with E-state index in [0.717, 1.165) is 72.3 Å². The number of hydrogen-bond acceptors (Lipinski definition) is 4. The molecular weight excluding hydrogens is 817 g/mol. The van der Waals surface area contributed by atoms with Crippen molar-refractivity contribution >= 4 is 44.0 Å². The van der Waals surface area contributed by atoms with E-state index in [4.69, 9.17) is 18.5 Å². The Balaban J connectivity index is 0.000000231. The van der Waals surface area contributed by atoms with Gasteiger partial charge in [-0.2, -0.15) is 0 Å². The summed E-state index contributed by atoms with van der Waals surface area (Å²) in [5.41, 5.74) is 10.7. The fourth-order valence-corrected chi connectivity index (χ4v) is 6.72. The van der Waals surface area contributed by atoms with Gasteiger partial charge in [-0.05, 0) is 59.3 Å². The molecule has 1 radical (unpaired) electrons. The Morgan fingerprint density at radius 3 is 2.21 bits per heavy atom. The van der Waals surface area contributed by atoms with Gasteiger partial charge in [-0.1, -0.05) is 105 Å². The van der Waals surface area contributed by atoms with Gasteiger partial charge >= 0.3 is 0 Å². The maximum atomic E-state index is 7.23. The van der Waals surface area contributed by atoms with E-state index in [1.54, 1.807) is 18.2 Å². The molecule has 5 nitrogen and oxygen atoms in total. The molecule has 0 amide bonds. The minimum Gasteiger partial charge on any atom is -0.501 e. The van der Waals surface area contributed by atoms with Crippen LogP contribution in [0.5, 0.6) is 0 Å². The molecule has 0 saturated carbocycles. The number of nitrogens with zero attached hydrogens (tertiary/aromatic N) is 4. The van der Waals surface area contributed by atoms with E-state index in [-0.39, 0.29) is 25.7 Å². The third kappa shape index (κ3) is 6.45. The summed E-state index contributed by atoms with van der Waals surface area (Å²) < 4.78 is 30.4. The molecule has 9 aromatic rings. The van der Waals surface area contributed by atoms with Gasteiger partial charge in [0.15, 0.2) is 5.65 Å². The van der Waals surface area contributed by atoms with Crippen LogP contribution in [0.1, 0.15) is 60.3 Å². The summed E-state index contributed by atoms with van der Waals surface area (Å²) in [6.07, 6.45) is 1.39. The van der Waals surface area contributed by atoms with Gasteiger partial charge in [-0.25, -0.2) is 4.98 Å². The molecule has 9 rings (SSSR count). The van der Waals surface area contributed by atoms with Crippen LogP contribution in [0.15, 0.2) is 132 Å². The molecule has 0 saturated heterocycles. The molecule has 0 aliphatic carbocycles. The second-order valence-corrected chi connectivity index (χ2v) is 13.3. The quantitative estimate of drug-likeness (QED) is 0.162. The Bertz CT molecular complexity index is 2740. The van der Waals surface area contributed by atoms with Crippen LogP contribution in [0.25, 0.3) is 72.3 Å². The minimum absolute atomic E-state index is 0. The number of rotatable bonds is 5. The molecule has 0 spiro atoms. The average molecular weight is 858 g/mol. The zero-order chi connectivity index (χ0) is 37.6. The van der Waals surface area contributed by atoms with Crippen molar-refractivity contribution < 1.29 is 28.6 Å². The normalized spacial score (nSPS) is 12.5. The van der Waals surface area contributed by atoms with Crippen LogP contribution < -0.4 is 0 Å². The number of para-hydroxylation sites is 3. The molecule has 4 aromatic heterocycles. The summed E-state index contributed by atoms with van der Waals surface area (Å²) >= 11 is 0. The Hall–Kier alpha value is -5.42. The maximum absolute atomic E-state index is 7.23. The van der Waals surface area contributed by atoms with E-state index in [1.165, 1.54) is 17.3 Å². The van der Waals surface area contributed by atoms with Crippen molar-refractivity contribution in [1.29, 1.82) is 0 Å².